The highest BCUT2D eigenvalue weighted by Gasteiger charge is 2.32. The molecular formula is C15H28O2. The normalized spacial score (nSPS) is 18.9. The van der Waals surface area contributed by atoms with Crippen LogP contribution in [0, 0.1) is 0 Å². The number of carbonyl (C=O) groups is 1. The number of rotatable bonds is 9. The highest BCUT2D eigenvalue weighted by atomic mass is 16.5. The van der Waals surface area contributed by atoms with Crippen molar-refractivity contribution >= 4 is 6.47 Å². The molecule has 0 aliphatic heterocycles. The molecule has 0 amide bonds. The molecule has 1 fully saturated rings. The molecule has 100 valence electrons. The SMILES string of the molecule is CCCCCCCCC1(OC=O)CCCCC1. The van der Waals surface area contributed by atoms with Crippen molar-refractivity contribution in [2.45, 2.75) is 89.6 Å². The Labute approximate surface area is 106 Å². The fourth-order valence-electron chi connectivity index (χ4n) is 2.95. The van der Waals surface area contributed by atoms with Gasteiger partial charge in [0, 0.05) is 0 Å². The van der Waals surface area contributed by atoms with Crippen molar-refractivity contribution in [3.8, 4) is 0 Å². The number of hydrogen-bond acceptors (Lipinski definition) is 2. The Balaban J connectivity index is 2.17. The van der Waals surface area contributed by atoms with Gasteiger partial charge >= 0.3 is 0 Å². The van der Waals surface area contributed by atoms with E-state index in [2.05, 4.69) is 6.92 Å². The third-order valence-electron chi connectivity index (χ3n) is 4.05. The van der Waals surface area contributed by atoms with Crippen molar-refractivity contribution in [2.75, 3.05) is 0 Å². The molecule has 0 aromatic carbocycles. The second kappa shape index (κ2) is 8.54. The van der Waals surface area contributed by atoms with Crippen molar-refractivity contribution < 1.29 is 9.53 Å². The molecule has 17 heavy (non-hydrogen) atoms. The summed E-state index contributed by atoms with van der Waals surface area (Å²) in [5.41, 5.74) is -0.0925. The quantitative estimate of drug-likeness (QED) is 0.434. The molecule has 0 radical (unpaired) electrons. The maximum absolute atomic E-state index is 10.6. The molecule has 1 rings (SSSR count). The van der Waals surface area contributed by atoms with Crippen LogP contribution in [-0.2, 0) is 9.53 Å². The average molecular weight is 240 g/mol. The van der Waals surface area contributed by atoms with Crippen LogP contribution in [0.5, 0.6) is 0 Å². The van der Waals surface area contributed by atoms with Crippen LogP contribution in [0.1, 0.15) is 84.0 Å². The molecule has 0 bridgehead atoms. The first-order valence-electron chi connectivity index (χ1n) is 7.44. The largest absolute Gasteiger partial charge is 0.461 e. The Morgan fingerprint density at radius 2 is 1.65 bits per heavy atom. The van der Waals surface area contributed by atoms with Crippen molar-refractivity contribution in [3.63, 3.8) is 0 Å². The topological polar surface area (TPSA) is 26.3 Å². The van der Waals surface area contributed by atoms with Gasteiger partial charge in [-0.1, -0.05) is 45.4 Å². The standard InChI is InChI=1S/C15H28O2/c1-2-3-4-5-6-8-11-15(17-14-16)12-9-7-10-13-15/h14H,2-13H2,1H3. The minimum atomic E-state index is -0.0925. The lowest BCUT2D eigenvalue weighted by Crippen LogP contribution is -2.34. The Hall–Kier alpha value is -0.530. The molecular weight excluding hydrogens is 212 g/mol. The number of hydrogen-bond donors (Lipinski definition) is 0. The van der Waals surface area contributed by atoms with E-state index in [1.165, 1.54) is 57.8 Å². The van der Waals surface area contributed by atoms with Crippen LogP contribution < -0.4 is 0 Å². The maximum Gasteiger partial charge on any atom is 0.293 e. The van der Waals surface area contributed by atoms with Crippen LogP contribution in [0.3, 0.4) is 0 Å². The van der Waals surface area contributed by atoms with Gasteiger partial charge in [0.15, 0.2) is 0 Å². The van der Waals surface area contributed by atoms with Crippen LogP contribution in [-0.4, -0.2) is 12.1 Å². The molecule has 1 aliphatic carbocycles. The number of unbranched alkanes of at least 4 members (excludes halogenated alkanes) is 5. The van der Waals surface area contributed by atoms with Crippen molar-refractivity contribution in [2.24, 2.45) is 0 Å². The van der Waals surface area contributed by atoms with E-state index < -0.39 is 0 Å². The third kappa shape index (κ3) is 5.56. The first kappa shape index (κ1) is 14.5. The summed E-state index contributed by atoms with van der Waals surface area (Å²) in [6.45, 7) is 2.91. The van der Waals surface area contributed by atoms with E-state index in [-0.39, 0.29) is 5.60 Å². The Morgan fingerprint density at radius 3 is 2.29 bits per heavy atom. The molecule has 2 heteroatoms. The molecule has 0 spiro atoms. The Bertz CT molecular complexity index is 195. The van der Waals surface area contributed by atoms with E-state index in [1.54, 1.807) is 0 Å². The fourth-order valence-corrected chi connectivity index (χ4v) is 2.95. The summed E-state index contributed by atoms with van der Waals surface area (Å²) in [5, 5.41) is 0. The molecule has 1 saturated carbocycles. The summed E-state index contributed by atoms with van der Waals surface area (Å²) >= 11 is 0. The summed E-state index contributed by atoms with van der Waals surface area (Å²) < 4.78 is 5.42. The molecule has 1 aliphatic rings. The predicted molar refractivity (Wildman–Crippen MR) is 71.0 cm³/mol. The second-order valence-electron chi connectivity index (χ2n) is 5.48. The maximum atomic E-state index is 10.6. The lowest BCUT2D eigenvalue weighted by molar-refractivity contribution is -0.148. The first-order valence-corrected chi connectivity index (χ1v) is 7.44. The molecule has 0 unspecified atom stereocenters. The van der Waals surface area contributed by atoms with E-state index in [0.717, 1.165) is 19.3 Å². The van der Waals surface area contributed by atoms with E-state index in [4.69, 9.17) is 4.74 Å². The smallest absolute Gasteiger partial charge is 0.293 e. The van der Waals surface area contributed by atoms with Gasteiger partial charge in [0.25, 0.3) is 6.47 Å². The first-order chi connectivity index (χ1) is 8.33. The zero-order valence-electron chi connectivity index (χ0n) is 11.4. The van der Waals surface area contributed by atoms with Crippen LogP contribution in [0.2, 0.25) is 0 Å². The van der Waals surface area contributed by atoms with Gasteiger partial charge in [-0.2, -0.15) is 0 Å². The summed E-state index contributed by atoms with van der Waals surface area (Å²) in [5.74, 6) is 0. The van der Waals surface area contributed by atoms with Crippen LogP contribution >= 0.6 is 0 Å². The third-order valence-corrected chi connectivity index (χ3v) is 4.05. The Kier molecular flexibility index (Phi) is 7.30. The molecule has 2 nitrogen and oxygen atoms in total. The summed E-state index contributed by atoms with van der Waals surface area (Å²) in [4.78, 5) is 10.6. The highest BCUT2D eigenvalue weighted by Crippen LogP contribution is 2.35. The van der Waals surface area contributed by atoms with Crippen LogP contribution in [0.4, 0.5) is 0 Å². The fraction of sp³-hybridized carbons (Fsp3) is 0.933. The predicted octanol–water partition coefficient (Wildman–Crippen LogP) is 4.61. The van der Waals surface area contributed by atoms with Crippen LogP contribution in [0.25, 0.3) is 0 Å². The van der Waals surface area contributed by atoms with Gasteiger partial charge in [0.1, 0.15) is 5.60 Å². The minimum absolute atomic E-state index is 0.0925. The molecule has 0 atom stereocenters. The van der Waals surface area contributed by atoms with Gasteiger partial charge in [-0.3, -0.25) is 4.79 Å². The van der Waals surface area contributed by atoms with Gasteiger partial charge in [-0.15, -0.1) is 0 Å². The van der Waals surface area contributed by atoms with Gasteiger partial charge in [-0.25, -0.2) is 0 Å². The van der Waals surface area contributed by atoms with Crippen molar-refractivity contribution in [3.05, 3.63) is 0 Å². The van der Waals surface area contributed by atoms with E-state index in [0.29, 0.717) is 6.47 Å². The average Bonchev–Trinajstić information content (AvgIpc) is 2.35. The lowest BCUT2D eigenvalue weighted by atomic mass is 9.81. The van der Waals surface area contributed by atoms with Crippen molar-refractivity contribution in [1.82, 2.24) is 0 Å². The molecule has 0 N–H and O–H groups in total. The van der Waals surface area contributed by atoms with Crippen LogP contribution in [0.15, 0.2) is 0 Å². The highest BCUT2D eigenvalue weighted by molar-refractivity contribution is 5.38. The lowest BCUT2D eigenvalue weighted by Gasteiger charge is -2.35. The number of ether oxygens (including phenoxy) is 1. The Morgan fingerprint density at radius 1 is 1.00 bits per heavy atom. The van der Waals surface area contributed by atoms with Gasteiger partial charge in [0.2, 0.25) is 0 Å². The van der Waals surface area contributed by atoms with E-state index >= 15 is 0 Å². The zero-order valence-corrected chi connectivity index (χ0v) is 11.4. The second-order valence-corrected chi connectivity index (χ2v) is 5.48. The monoisotopic (exact) mass is 240 g/mol. The summed E-state index contributed by atoms with van der Waals surface area (Å²) in [6.07, 6.45) is 14.9. The number of carbonyl (C=O) groups excluding carboxylic acids is 1. The minimum Gasteiger partial charge on any atom is -0.461 e. The van der Waals surface area contributed by atoms with Crippen molar-refractivity contribution in [1.29, 1.82) is 0 Å². The molecule has 0 saturated heterocycles. The molecule has 0 heterocycles. The zero-order chi connectivity index (χ0) is 12.4. The van der Waals surface area contributed by atoms with E-state index in [9.17, 15) is 4.79 Å². The van der Waals surface area contributed by atoms with Gasteiger partial charge in [-0.05, 0) is 38.5 Å². The summed E-state index contributed by atoms with van der Waals surface area (Å²) in [6, 6.07) is 0. The molecule has 0 aromatic rings. The van der Waals surface area contributed by atoms with Gasteiger partial charge < -0.3 is 4.74 Å². The molecule has 0 aromatic heterocycles. The summed E-state index contributed by atoms with van der Waals surface area (Å²) in [7, 11) is 0. The van der Waals surface area contributed by atoms with Gasteiger partial charge in [0.05, 0.1) is 0 Å². The van der Waals surface area contributed by atoms with E-state index in [1.807, 2.05) is 0 Å².